The molecule has 138 valence electrons. The summed E-state index contributed by atoms with van der Waals surface area (Å²) in [6.45, 7) is -0.556. The lowest BCUT2D eigenvalue weighted by Gasteiger charge is -2.18. The summed E-state index contributed by atoms with van der Waals surface area (Å²) in [5, 5.41) is 10.9. The van der Waals surface area contributed by atoms with Gasteiger partial charge in [0.25, 0.3) is 5.91 Å². The van der Waals surface area contributed by atoms with Gasteiger partial charge >= 0.3 is 10.2 Å². The van der Waals surface area contributed by atoms with Crippen molar-refractivity contribution in [3.05, 3.63) is 35.6 Å². The van der Waals surface area contributed by atoms with Gasteiger partial charge in [0.05, 0.1) is 0 Å². The van der Waals surface area contributed by atoms with Crippen LogP contribution in [-0.2, 0) is 21.4 Å². The molecule has 2 aromatic carbocycles. The first-order chi connectivity index (χ1) is 12.3. The number of hydrogen-bond donors (Lipinski definition) is 2. The molecular weight excluding hydrogens is 359 g/mol. The van der Waals surface area contributed by atoms with Gasteiger partial charge in [0.1, 0.15) is 18.0 Å². The molecule has 1 amide bonds. The van der Waals surface area contributed by atoms with Crippen molar-refractivity contribution in [2.24, 2.45) is 5.92 Å². The number of rotatable bonds is 5. The molecule has 1 aliphatic carbocycles. The summed E-state index contributed by atoms with van der Waals surface area (Å²) in [7, 11) is -4.20. The Morgan fingerprint density at radius 2 is 2.04 bits per heavy atom. The Morgan fingerprint density at radius 1 is 1.27 bits per heavy atom. The van der Waals surface area contributed by atoms with Gasteiger partial charge in [0, 0.05) is 5.39 Å². The van der Waals surface area contributed by atoms with Gasteiger partial charge in [-0.15, -0.1) is 0 Å². The van der Waals surface area contributed by atoms with Crippen LogP contribution < -0.4 is 9.03 Å². The first-order valence-electron chi connectivity index (χ1n) is 8.62. The van der Waals surface area contributed by atoms with Gasteiger partial charge < -0.3 is 5.11 Å². The topological polar surface area (TPSA) is 86.7 Å². The van der Waals surface area contributed by atoms with E-state index in [9.17, 15) is 18.3 Å². The number of hydrogen-bond acceptors (Lipinski definition) is 4. The fourth-order valence-corrected chi connectivity index (χ4v) is 4.58. The van der Waals surface area contributed by atoms with E-state index in [-0.39, 0.29) is 5.39 Å². The van der Waals surface area contributed by atoms with E-state index in [4.69, 9.17) is 0 Å². The monoisotopic (exact) mass is 378 g/mol. The highest BCUT2D eigenvalue weighted by atomic mass is 32.2. The minimum Gasteiger partial charge on any atom is -0.506 e. The molecule has 0 radical (unpaired) electrons. The Morgan fingerprint density at radius 3 is 2.69 bits per heavy atom. The summed E-state index contributed by atoms with van der Waals surface area (Å²) in [6, 6.07) is 6.63. The quantitative estimate of drug-likeness (QED) is 0.837. The Labute approximate surface area is 150 Å². The molecule has 2 fully saturated rings. The second-order valence-corrected chi connectivity index (χ2v) is 8.58. The predicted molar refractivity (Wildman–Crippen MR) is 95.6 cm³/mol. The first-order valence-corrected chi connectivity index (χ1v) is 10.1. The van der Waals surface area contributed by atoms with Crippen LogP contribution in [0.15, 0.2) is 24.3 Å². The van der Waals surface area contributed by atoms with Crippen molar-refractivity contribution in [3.8, 4) is 5.75 Å². The van der Waals surface area contributed by atoms with Crippen LogP contribution in [0.1, 0.15) is 31.2 Å². The van der Waals surface area contributed by atoms with E-state index in [0.717, 1.165) is 24.3 Å². The molecule has 1 heterocycles. The second kappa shape index (κ2) is 6.12. The Balaban J connectivity index is 1.72. The van der Waals surface area contributed by atoms with Crippen molar-refractivity contribution in [1.82, 2.24) is 4.72 Å². The number of carbonyl (C=O) groups is 1. The number of anilines is 1. The van der Waals surface area contributed by atoms with E-state index in [0.29, 0.717) is 9.69 Å². The van der Waals surface area contributed by atoms with E-state index in [1.165, 1.54) is 25.3 Å². The van der Waals surface area contributed by atoms with Crippen LogP contribution in [0, 0.1) is 11.7 Å². The molecule has 0 atom stereocenters. The zero-order chi connectivity index (χ0) is 18.5. The number of carbonyl (C=O) groups excluding carboxylic acids is 1. The van der Waals surface area contributed by atoms with E-state index in [2.05, 4.69) is 0 Å². The maximum absolute atomic E-state index is 15.1. The van der Waals surface area contributed by atoms with Crippen LogP contribution >= 0.6 is 0 Å². The molecule has 4 rings (SSSR count). The second-order valence-electron chi connectivity index (χ2n) is 6.99. The maximum atomic E-state index is 15.1. The van der Waals surface area contributed by atoms with Crippen molar-refractivity contribution >= 4 is 32.6 Å². The lowest BCUT2D eigenvalue weighted by atomic mass is 10.0. The molecule has 2 aliphatic rings. The molecule has 0 bridgehead atoms. The highest BCUT2D eigenvalue weighted by Crippen LogP contribution is 2.39. The maximum Gasteiger partial charge on any atom is 0.326 e. The third-order valence-corrected chi connectivity index (χ3v) is 6.32. The van der Waals surface area contributed by atoms with Crippen LogP contribution in [0.25, 0.3) is 10.8 Å². The summed E-state index contributed by atoms with van der Waals surface area (Å²) in [4.78, 5) is 11.4. The third-order valence-electron chi connectivity index (χ3n) is 4.94. The molecule has 26 heavy (non-hydrogen) atoms. The molecule has 1 saturated carbocycles. The van der Waals surface area contributed by atoms with Gasteiger partial charge in [-0.25, -0.2) is 13.4 Å². The van der Waals surface area contributed by atoms with Crippen molar-refractivity contribution in [3.63, 3.8) is 0 Å². The van der Waals surface area contributed by atoms with Crippen molar-refractivity contribution in [2.45, 2.75) is 32.1 Å². The average Bonchev–Trinajstić information content (AvgIpc) is 3.33. The van der Waals surface area contributed by atoms with Crippen LogP contribution in [0.3, 0.4) is 0 Å². The largest absolute Gasteiger partial charge is 0.506 e. The van der Waals surface area contributed by atoms with Gasteiger partial charge in [-0.3, -0.25) is 4.79 Å². The molecule has 0 unspecified atom stereocenters. The van der Waals surface area contributed by atoms with Crippen LogP contribution in [0.5, 0.6) is 5.75 Å². The normalized spacial score (nSPS) is 19.1. The molecule has 1 aliphatic heterocycles. The van der Waals surface area contributed by atoms with Crippen molar-refractivity contribution in [1.29, 1.82) is 0 Å². The minimum absolute atomic E-state index is 0.233. The SMILES string of the molecule is O=C1CN(c2c(O)cc3ccc(CCCC4CC4)cc3c2F)S(=O)(=O)N1. The number of phenolic OH excluding ortho intramolecular Hbond substituents is 1. The zero-order valence-electron chi connectivity index (χ0n) is 14.0. The smallest absolute Gasteiger partial charge is 0.326 e. The van der Waals surface area contributed by atoms with Crippen molar-refractivity contribution in [2.75, 3.05) is 10.8 Å². The molecular formula is C18H19FN2O4S. The van der Waals surface area contributed by atoms with Crippen LogP contribution in [-0.4, -0.2) is 26.0 Å². The molecule has 2 aromatic rings. The predicted octanol–water partition coefficient (Wildman–Crippen LogP) is 2.60. The summed E-state index contributed by atoms with van der Waals surface area (Å²) < 4.78 is 41.5. The number of amides is 1. The lowest BCUT2D eigenvalue weighted by Crippen LogP contribution is -2.30. The fourth-order valence-electron chi connectivity index (χ4n) is 3.42. The Kier molecular flexibility index (Phi) is 4.02. The molecule has 2 N–H and O–H groups in total. The molecule has 6 nitrogen and oxygen atoms in total. The lowest BCUT2D eigenvalue weighted by molar-refractivity contribution is -0.117. The number of fused-ring (bicyclic) bond motifs is 1. The molecule has 0 spiro atoms. The van der Waals surface area contributed by atoms with Gasteiger partial charge in [-0.05, 0) is 41.8 Å². The first kappa shape index (κ1) is 17.1. The highest BCUT2D eigenvalue weighted by molar-refractivity contribution is 7.92. The zero-order valence-corrected chi connectivity index (χ0v) is 14.9. The molecule has 8 heteroatoms. The van der Waals surface area contributed by atoms with Gasteiger partial charge in [0.15, 0.2) is 5.82 Å². The standard InChI is InChI=1S/C18H19FN2O4S/c19-17-14-8-12(3-1-2-11-4-5-11)6-7-13(14)9-15(22)18(17)21-10-16(23)20-26(21,24)25/h6-9,11,22H,1-5,10H2,(H,20,23). The van der Waals surface area contributed by atoms with Gasteiger partial charge in [-0.2, -0.15) is 8.42 Å². The van der Waals surface area contributed by atoms with E-state index >= 15 is 4.39 Å². The summed E-state index contributed by atoms with van der Waals surface area (Å²) in [5.41, 5.74) is 0.471. The number of halogens is 1. The Hall–Kier alpha value is -2.35. The van der Waals surface area contributed by atoms with E-state index in [1.807, 2.05) is 6.07 Å². The van der Waals surface area contributed by atoms with Crippen LogP contribution in [0.4, 0.5) is 10.1 Å². The number of phenols is 1. The molecule has 0 aromatic heterocycles. The highest BCUT2D eigenvalue weighted by Gasteiger charge is 2.37. The average molecular weight is 378 g/mol. The fraction of sp³-hybridized carbons (Fsp3) is 0.389. The minimum atomic E-state index is -4.20. The van der Waals surface area contributed by atoms with Crippen molar-refractivity contribution < 1.29 is 22.7 Å². The Bertz CT molecular complexity index is 1000. The number of nitrogens with zero attached hydrogens (tertiary/aromatic N) is 1. The number of benzene rings is 2. The number of aromatic hydroxyl groups is 1. The number of aryl methyl sites for hydroxylation is 1. The number of nitrogens with one attached hydrogen (secondary N) is 1. The summed E-state index contributed by atoms with van der Waals surface area (Å²) >= 11 is 0. The van der Waals surface area contributed by atoms with E-state index < -0.39 is 39.9 Å². The van der Waals surface area contributed by atoms with E-state index in [1.54, 1.807) is 16.9 Å². The van der Waals surface area contributed by atoms with Crippen LogP contribution in [0.2, 0.25) is 0 Å². The summed E-state index contributed by atoms with van der Waals surface area (Å²) in [6.07, 6.45) is 5.62. The third kappa shape index (κ3) is 3.09. The molecule has 1 saturated heterocycles. The summed E-state index contributed by atoms with van der Waals surface area (Å²) in [5.74, 6) is -1.29. The van der Waals surface area contributed by atoms with Gasteiger partial charge in [-0.1, -0.05) is 31.4 Å². The van der Waals surface area contributed by atoms with Gasteiger partial charge in [0.2, 0.25) is 0 Å².